The van der Waals surface area contributed by atoms with Crippen LogP contribution < -0.4 is 5.32 Å². The van der Waals surface area contributed by atoms with E-state index >= 15 is 0 Å². The van der Waals surface area contributed by atoms with Gasteiger partial charge in [-0.1, -0.05) is 40.7 Å². The minimum absolute atomic E-state index is 0.357. The zero-order valence-electron chi connectivity index (χ0n) is 27.6. The molecule has 6 aliphatic carbocycles. The van der Waals surface area contributed by atoms with E-state index in [0.29, 0.717) is 39.2 Å². The maximum atomic E-state index is 10.1. The van der Waals surface area contributed by atoms with Crippen LogP contribution in [0.15, 0.2) is 12.3 Å². The summed E-state index contributed by atoms with van der Waals surface area (Å²) in [4.78, 5) is 2.70. The molecule has 1 saturated heterocycles. The molecule has 0 aromatic carbocycles. The maximum Gasteiger partial charge on any atom is 0.0884 e. The number of fused-ring (bicyclic) bond motifs is 7. The summed E-state index contributed by atoms with van der Waals surface area (Å²) >= 11 is 4.72. The molecule has 4 heteroatoms. The Morgan fingerprint density at radius 1 is 0.786 bits per heavy atom. The van der Waals surface area contributed by atoms with Crippen LogP contribution in [0.3, 0.4) is 0 Å². The number of nitrogens with zero attached hydrogens (tertiary/aromatic N) is 1. The second-order valence-electron chi connectivity index (χ2n) is 17.7. The Morgan fingerprint density at radius 3 is 2.10 bits per heavy atom. The number of aliphatic hydroxyl groups excluding tert-OH is 1. The van der Waals surface area contributed by atoms with E-state index in [-0.39, 0.29) is 0 Å². The van der Waals surface area contributed by atoms with Gasteiger partial charge in [0.25, 0.3) is 0 Å². The standard InChI is InChI=1S/C38H64N2OS/c1-24-29(26(3)41)23-30(24)28-12-16-36(4)31(25(28)2)8-9-33-32(36)10-11-34-35-7-6-15-38(35,18-17-37(33,34)5)39-19-22-40-20-13-27(42)14-21-40/h24-25,27-35,39,41-42H,3,6-23H2,1-2,4-5H3/t24?,25?,28?,29?,30?,31?,32?,33?,34?,35-,36?,37+,38?/m1/s1. The third-order valence-corrected chi connectivity index (χ3v) is 17.0. The number of thiol groups is 1. The number of piperidine rings is 1. The quantitative estimate of drug-likeness (QED) is 0.212. The summed E-state index contributed by atoms with van der Waals surface area (Å²) in [6.07, 6.45) is 19.9. The smallest absolute Gasteiger partial charge is 0.0884 e. The number of rotatable bonds is 6. The molecular weight excluding hydrogens is 532 g/mol. The van der Waals surface area contributed by atoms with Gasteiger partial charge in [0.1, 0.15) is 0 Å². The van der Waals surface area contributed by atoms with Gasteiger partial charge >= 0.3 is 0 Å². The van der Waals surface area contributed by atoms with Crippen molar-refractivity contribution in [1.82, 2.24) is 10.2 Å². The van der Waals surface area contributed by atoms with Gasteiger partial charge in [-0.15, -0.1) is 0 Å². The van der Waals surface area contributed by atoms with Crippen LogP contribution in [-0.4, -0.2) is 47.0 Å². The van der Waals surface area contributed by atoms with Crippen LogP contribution in [-0.2, 0) is 0 Å². The Bertz CT molecular complexity index is 1010. The first kappa shape index (κ1) is 30.5. The predicted molar refractivity (Wildman–Crippen MR) is 179 cm³/mol. The van der Waals surface area contributed by atoms with Gasteiger partial charge in [0.2, 0.25) is 0 Å². The largest absolute Gasteiger partial charge is 0.513 e. The number of likely N-dealkylation sites (tertiary alicyclic amines) is 1. The van der Waals surface area contributed by atoms with E-state index in [4.69, 9.17) is 12.6 Å². The minimum atomic E-state index is 0.357. The normalized spacial score (nSPS) is 52.9. The van der Waals surface area contributed by atoms with Crippen molar-refractivity contribution < 1.29 is 5.11 Å². The molecule has 2 N–H and O–H groups in total. The number of aliphatic hydroxyl groups is 1. The van der Waals surface area contributed by atoms with Gasteiger partial charge in [0.05, 0.1) is 5.76 Å². The molecule has 1 heterocycles. The topological polar surface area (TPSA) is 35.5 Å². The van der Waals surface area contributed by atoms with Crippen molar-refractivity contribution in [2.45, 2.75) is 128 Å². The molecule has 11 unspecified atom stereocenters. The number of allylic oxidation sites excluding steroid dienone is 1. The third kappa shape index (κ3) is 4.71. The lowest BCUT2D eigenvalue weighted by Crippen LogP contribution is -2.64. The lowest BCUT2D eigenvalue weighted by Gasteiger charge is -2.68. The monoisotopic (exact) mass is 596 g/mol. The molecule has 0 bridgehead atoms. The molecule has 0 radical (unpaired) electrons. The van der Waals surface area contributed by atoms with Gasteiger partial charge in [0, 0.05) is 29.8 Å². The highest BCUT2D eigenvalue weighted by Gasteiger charge is 2.65. The average Bonchev–Trinajstić information content (AvgIpc) is 3.38. The van der Waals surface area contributed by atoms with Crippen molar-refractivity contribution in [2.24, 2.45) is 70.0 Å². The fraction of sp³-hybridized carbons (Fsp3) is 0.947. The van der Waals surface area contributed by atoms with Gasteiger partial charge in [-0.25, -0.2) is 0 Å². The van der Waals surface area contributed by atoms with Crippen LogP contribution in [0.5, 0.6) is 0 Å². The van der Waals surface area contributed by atoms with Crippen molar-refractivity contribution >= 4 is 12.6 Å². The summed E-state index contributed by atoms with van der Waals surface area (Å²) in [6.45, 7) is 19.4. The van der Waals surface area contributed by atoms with Crippen LogP contribution >= 0.6 is 12.6 Å². The minimum Gasteiger partial charge on any atom is -0.513 e. The third-order valence-electron chi connectivity index (χ3n) is 16.5. The van der Waals surface area contributed by atoms with Crippen LogP contribution in [0.25, 0.3) is 0 Å². The molecule has 6 saturated carbocycles. The lowest BCUT2D eigenvalue weighted by molar-refractivity contribution is -0.183. The molecule has 0 aromatic heterocycles. The van der Waals surface area contributed by atoms with Gasteiger partial charge in [-0.3, -0.25) is 0 Å². The molecule has 238 valence electrons. The molecule has 7 fully saturated rings. The van der Waals surface area contributed by atoms with Crippen LogP contribution in [0.4, 0.5) is 0 Å². The van der Waals surface area contributed by atoms with Gasteiger partial charge < -0.3 is 15.3 Å². The van der Waals surface area contributed by atoms with E-state index < -0.39 is 0 Å². The van der Waals surface area contributed by atoms with Crippen molar-refractivity contribution in [3.63, 3.8) is 0 Å². The SMILES string of the molecule is C=C(O)C1CC(C2CCC3(C)C(CCC4C3CCC3[C@H]5CCCC5(NCCN5CCC(S)CC5)CC[C@@]43C)C2C)C1C. The molecule has 13 atom stereocenters. The van der Waals surface area contributed by atoms with Gasteiger partial charge in [0.15, 0.2) is 0 Å². The highest BCUT2D eigenvalue weighted by atomic mass is 32.1. The average molecular weight is 597 g/mol. The zero-order valence-corrected chi connectivity index (χ0v) is 28.5. The second kappa shape index (κ2) is 11.3. The van der Waals surface area contributed by atoms with E-state index in [9.17, 15) is 5.11 Å². The van der Waals surface area contributed by atoms with Crippen molar-refractivity contribution in [2.75, 3.05) is 26.2 Å². The van der Waals surface area contributed by atoms with Crippen molar-refractivity contribution in [3.8, 4) is 0 Å². The number of nitrogens with one attached hydrogen (secondary N) is 1. The Balaban J connectivity index is 1.02. The zero-order chi connectivity index (χ0) is 29.4. The molecular formula is C38H64N2OS. The van der Waals surface area contributed by atoms with Crippen LogP contribution in [0.2, 0.25) is 0 Å². The van der Waals surface area contributed by atoms with Crippen LogP contribution in [0.1, 0.15) is 118 Å². The van der Waals surface area contributed by atoms with Gasteiger partial charge in [-0.2, -0.15) is 12.6 Å². The summed E-state index contributed by atoms with van der Waals surface area (Å²) in [5, 5.41) is 15.0. The predicted octanol–water partition coefficient (Wildman–Crippen LogP) is 8.76. The lowest BCUT2D eigenvalue weighted by atomic mass is 9.38. The Morgan fingerprint density at radius 2 is 1.43 bits per heavy atom. The van der Waals surface area contributed by atoms with E-state index in [1.54, 1.807) is 0 Å². The Kier molecular flexibility index (Phi) is 8.16. The van der Waals surface area contributed by atoms with Crippen molar-refractivity contribution in [1.29, 1.82) is 0 Å². The molecule has 7 aliphatic rings. The Hall–Kier alpha value is -0.190. The van der Waals surface area contributed by atoms with E-state index in [0.717, 1.165) is 47.3 Å². The molecule has 0 aromatic rings. The Labute approximate surface area is 264 Å². The summed E-state index contributed by atoms with van der Waals surface area (Å²) in [6, 6.07) is 0. The summed E-state index contributed by atoms with van der Waals surface area (Å²) in [5.74, 6) is 8.58. The molecule has 42 heavy (non-hydrogen) atoms. The van der Waals surface area contributed by atoms with Crippen LogP contribution in [0, 0.1) is 70.0 Å². The van der Waals surface area contributed by atoms with E-state index in [1.165, 1.54) is 116 Å². The fourth-order valence-corrected chi connectivity index (χ4v) is 14.3. The summed E-state index contributed by atoms with van der Waals surface area (Å²) in [5.41, 5.74) is 1.54. The summed E-state index contributed by atoms with van der Waals surface area (Å²) in [7, 11) is 0. The van der Waals surface area contributed by atoms with Gasteiger partial charge in [-0.05, 0) is 161 Å². The maximum absolute atomic E-state index is 10.1. The van der Waals surface area contributed by atoms with Crippen molar-refractivity contribution in [3.05, 3.63) is 12.3 Å². The molecule has 0 spiro atoms. The first-order valence-electron chi connectivity index (χ1n) is 18.6. The molecule has 3 nitrogen and oxygen atoms in total. The van der Waals surface area contributed by atoms with E-state index in [1.807, 2.05) is 0 Å². The highest BCUT2D eigenvalue weighted by molar-refractivity contribution is 7.80. The fourth-order valence-electron chi connectivity index (χ4n) is 14.0. The second-order valence-corrected chi connectivity index (χ2v) is 18.4. The highest BCUT2D eigenvalue weighted by Crippen LogP contribution is 2.71. The van der Waals surface area contributed by atoms with E-state index in [2.05, 4.69) is 44.5 Å². The molecule has 7 rings (SSSR count). The first-order chi connectivity index (χ1) is 20.1. The molecule has 0 amide bonds. The summed E-state index contributed by atoms with van der Waals surface area (Å²) < 4.78 is 0. The molecule has 1 aliphatic heterocycles. The number of hydrogen-bond acceptors (Lipinski definition) is 4. The first-order valence-corrected chi connectivity index (χ1v) is 19.1. The number of hydrogen-bond donors (Lipinski definition) is 3.